The largest absolute Gasteiger partial charge is 0.365 e. The number of unbranched alkanes of at least 4 members (excludes halogenated alkanes) is 1. The lowest BCUT2D eigenvalue weighted by Gasteiger charge is -2.34. The molecular weight excluding hydrogens is 262 g/mol. The smallest absolute Gasteiger partial charge is 0.225 e. The molecule has 0 aliphatic carbocycles. The summed E-state index contributed by atoms with van der Waals surface area (Å²) in [7, 11) is 0. The maximum Gasteiger partial charge on any atom is 0.225 e. The van der Waals surface area contributed by atoms with Crippen LogP contribution in [0.4, 0.5) is 5.95 Å². The molecule has 1 fully saturated rings. The number of aromatic nitrogens is 3. The van der Waals surface area contributed by atoms with Crippen LogP contribution in [0.25, 0.3) is 0 Å². The van der Waals surface area contributed by atoms with E-state index in [0.29, 0.717) is 0 Å². The van der Waals surface area contributed by atoms with Crippen molar-refractivity contribution < 1.29 is 0 Å². The topological polar surface area (TPSA) is 48.1 Å². The standard InChI is InChI=1S/C16H23N5/c1(5-15-6-3-7-17-15)2-10-20-11-13-21(14-12-20)16-18-8-4-9-19-16/h3-4,6-9,17H,1-2,5,10-14H2. The van der Waals surface area contributed by atoms with Gasteiger partial charge in [0, 0.05) is 50.5 Å². The van der Waals surface area contributed by atoms with Crippen LogP contribution in [0.15, 0.2) is 36.8 Å². The van der Waals surface area contributed by atoms with Gasteiger partial charge in [-0.3, -0.25) is 4.90 Å². The Morgan fingerprint density at radius 1 is 1.00 bits per heavy atom. The highest BCUT2D eigenvalue weighted by Gasteiger charge is 2.17. The minimum absolute atomic E-state index is 0.865. The molecule has 112 valence electrons. The van der Waals surface area contributed by atoms with Crippen molar-refractivity contribution in [2.24, 2.45) is 0 Å². The molecule has 2 aromatic heterocycles. The molecule has 0 unspecified atom stereocenters. The summed E-state index contributed by atoms with van der Waals surface area (Å²) in [6.45, 7) is 5.48. The Kier molecular flexibility index (Phi) is 4.84. The SMILES string of the molecule is c1cnc(N2CCN(CCCCc3ccc[nH]3)CC2)nc1. The van der Waals surface area contributed by atoms with Crippen molar-refractivity contribution in [3.8, 4) is 0 Å². The molecule has 0 aromatic carbocycles. The Morgan fingerprint density at radius 3 is 2.52 bits per heavy atom. The number of piperazine rings is 1. The Morgan fingerprint density at radius 2 is 1.81 bits per heavy atom. The van der Waals surface area contributed by atoms with E-state index in [4.69, 9.17) is 0 Å². The Labute approximate surface area is 126 Å². The second-order valence-electron chi connectivity index (χ2n) is 5.53. The molecule has 5 nitrogen and oxygen atoms in total. The molecule has 1 N–H and O–H groups in total. The van der Waals surface area contributed by atoms with Crippen molar-refractivity contribution in [3.63, 3.8) is 0 Å². The molecule has 0 saturated carbocycles. The van der Waals surface area contributed by atoms with Gasteiger partial charge in [-0.25, -0.2) is 9.97 Å². The van der Waals surface area contributed by atoms with Gasteiger partial charge >= 0.3 is 0 Å². The summed E-state index contributed by atoms with van der Waals surface area (Å²) in [5, 5.41) is 0. The maximum absolute atomic E-state index is 4.32. The molecule has 1 aliphatic heterocycles. The molecule has 21 heavy (non-hydrogen) atoms. The lowest BCUT2D eigenvalue weighted by Crippen LogP contribution is -2.47. The number of rotatable bonds is 6. The highest BCUT2D eigenvalue weighted by atomic mass is 15.3. The normalized spacial score (nSPS) is 16.3. The second-order valence-corrected chi connectivity index (χ2v) is 5.53. The van der Waals surface area contributed by atoms with E-state index in [1.165, 1.54) is 25.1 Å². The zero-order valence-corrected chi connectivity index (χ0v) is 12.4. The maximum atomic E-state index is 4.32. The first-order chi connectivity index (χ1) is 10.4. The van der Waals surface area contributed by atoms with Gasteiger partial charge in [0.15, 0.2) is 0 Å². The third-order valence-electron chi connectivity index (χ3n) is 4.04. The molecular formula is C16H23N5. The van der Waals surface area contributed by atoms with Crippen LogP contribution in [-0.4, -0.2) is 52.6 Å². The summed E-state index contributed by atoms with van der Waals surface area (Å²) >= 11 is 0. The number of anilines is 1. The minimum Gasteiger partial charge on any atom is -0.365 e. The number of nitrogens with one attached hydrogen (secondary N) is 1. The van der Waals surface area contributed by atoms with Gasteiger partial charge in [0.05, 0.1) is 0 Å². The van der Waals surface area contributed by atoms with E-state index in [2.05, 4.69) is 36.9 Å². The van der Waals surface area contributed by atoms with Crippen molar-refractivity contribution in [3.05, 3.63) is 42.5 Å². The molecule has 0 amide bonds. The predicted molar refractivity (Wildman–Crippen MR) is 84.4 cm³/mol. The Hall–Kier alpha value is -1.88. The molecule has 1 saturated heterocycles. The third-order valence-corrected chi connectivity index (χ3v) is 4.04. The predicted octanol–water partition coefficient (Wildman–Crippen LogP) is 1.95. The number of hydrogen-bond donors (Lipinski definition) is 1. The summed E-state index contributed by atoms with van der Waals surface area (Å²) in [6.07, 6.45) is 9.30. The number of H-pyrrole nitrogens is 1. The summed E-state index contributed by atoms with van der Waals surface area (Å²) in [6, 6.07) is 6.10. The van der Waals surface area contributed by atoms with Gasteiger partial charge in [0.2, 0.25) is 5.95 Å². The Balaban J connectivity index is 1.34. The number of aryl methyl sites for hydroxylation is 1. The zero-order valence-electron chi connectivity index (χ0n) is 12.4. The van der Waals surface area contributed by atoms with Crippen LogP contribution in [0, 0.1) is 0 Å². The molecule has 0 spiro atoms. The average Bonchev–Trinajstić information content (AvgIpc) is 3.06. The summed E-state index contributed by atoms with van der Waals surface area (Å²) < 4.78 is 0. The van der Waals surface area contributed by atoms with E-state index in [9.17, 15) is 0 Å². The lowest BCUT2D eigenvalue weighted by atomic mass is 10.2. The number of nitrogens with zero attached hydrogens (tertiary/aromatic N) is 4. The van der Waals surface area contributed by atoms with Crippen LogP contribution in [0.3, 0.4) is 0 Å². The van der Waals surface area contributed by atoms with Gasteiger partial charge in [0.1, 0.15) is 0 Å². The van der Waals surface area contributed by atoms with Gasteiger partial charge in [-0.05, 0) is 44.0 Å². The van der Waals surface area contributed by atoms with E-state index in [0.717, 1.165) is 38.5 Å². The molecule has 2 aromatic rings. The van der Waals surface area contributed by atoms with E-state index >= 15 is 0 Å². The molecule has 0 radical (unpaired) electrons. The number of aromatic amines is 1. The molecule has 0 bridgehead atoms. The first-order valence-electron chi connectivity index (χ1n) is 7.78. The summed E-state index contributed by atoms with van der Waals surface area (Å²) in [5.41, 5.74) is 1.35. The van der Waals surface area contributed by atoms with Crippen molar-refractivity contribution in [2.45, 2.75) is 19.3 Å². The van der Waals surface area contributed by atoms with Crippen LogP contribution in [0.1, 0.15) is 18.5 Å². The van der Waals surface area contributed by atoms with Gasteiger partial charge in [0.25, 0.3) is 0 Å². The summed E-state index contributed by atoms with van der Waals surface area (Å²) in [5.74, 6) is 0.865. The third kappa shape index (κ3) is 4.04. The Bertz CT molecular complexity index is 503. The minimum atomic E-state index is 0.865. The van der Waals surface area contributed by atoms with Crippen molar-refractivity contribution in [1.82, 2.24) is 19.9 Å². The first kappa shape index (κ1) is 14.1. The van der Waals surface area contributed by atoms with Gasteiger partial charge in [-0.1, -0.05) is 0 Å². The fraction of sp³-hybridized carbons (Fsp3) is 0.500. The highest BCUT2D eigenvalue weighted by Crippen LogP contribution is 2.10. The fourth-order valence-corrected chi connectivity index (χ4v) is 2.80. The van der Waals surface area contributed by atoms with Crippen molar-refractivity contribution in [1.29, 1.82) is 0 Å². The van der Waals surface area contributed by atoms with Crippen LogP contribution < -0.4 is 4.90 Å². The van der Waals surface area contributed by atoms with Crippen LogP contribution in [0.2, 0.25) is 0 Å². The second kappa shape index (κ2) is 7.22. The van der Waals surface area contributed by atoms with Gasteiger partial charge in [-0.15, -0.1) is 0 Å². The van der Waals surface area contributed by atoms with E-state index < -0.39 is 0 Å². The van der Waals surface area contributed by atoms with Gasteiger partial charge < -0.3 is 9.88 Å². The lowest BCUT2D eigenvalue weighted by molar-refractivity contribution is 0.252. The van der Waals surface area contributed by atoms with Crippen LogP contribution in [-0.2, 0) is 6.42 Å². The first-order valence-corrected chi connectivity index (χ1v) is 7.78. The van der Waals surface area contributed by atoms with Crippen LogP contribution in [0.5, 0.6) is 0 Å². The monoisotopic (exact) mass is 285 g/mol. The van der Waals surface area contributed by atoms with Crippen molar-refractivity contribution in [2.75, 3.05) is 37.6 Å². The fourth-order valence-electron chi connectivity index (χ4n) is 2.80. The summed E-state index contributed by atoms with van der Waals surface area (Å²) in [4.78, 5) is 16.7. The molecule has 3 heterocycles. The van der Waals surface area contributed by atoms with E-state index in [1.807, 2.05) is 24.7 Å². The van der Waals surface area contributed by atoms with Gasteiger partial charge in [-0.2, -0.15) is 0 Å². The van der Waals surface area contributed by atoms with Crippen molar-refractivity contribution >= 4 is 5.95 Å². The highest BCUT2D eigenvalue weighted by molar-refractivity contribution is 5.29. The van der Waals surface area contributed by atoms with Crippen LogP contribution >= 0.6 is 0 Å². The number of hydrogen-bond acceptors (Lipinski definition) is 4. The molecule has 1 aliphatic rings. The van der Waals surface area contributed by atoms with E-state index in [-0.39, 0.29) is 0 Å². The van der Waals surface area contributed by atoms with E-state index in [1.54, 1.807) is 0 Å². The molecule has 0 atom stereocenters. The molecule has 3 rings (SSSR count). The zero-order chi connectivity index (χ0) is 14.3. The average molecular weight is 285 g/mol. The molecule has 5 heteroatoms. The quantitative estimate of drug-likeness (QED) is 0.824.